The van der Waals surface area contributed by atoms with Crippen LogP contribution in [0.4, 0.5) is 0 Å². The van der Waals surface area contributed by atoms with Gasteiger partial charge in [0.05, 0.1) is 0 Å². The second-order valence-corrected chi connectivity index (χ2v) is 3.35. The third kappa shape index (κ3) is 0.592. The van der Waals surface area contributed by atoms with Crippen molar-refractivity contribution in [3.05, 3.63) is 24.3 Å². The van der Waals surface area contributed by atoms with Crippen molar-refractivity contribution < 1.29 is 0 Å². The average Bonchev–Trinajstić information content (AvgIpc) is 2.24. The largest absolute Gasteiger partial charge is 0.0995 e. The van der Waals surface area contributed by atoms with Crippen molar-refractivity contribution in [1.29, 1.82) is 0 Å². The molecule has 0 radical (unpaired) electrons. The lowest BCUT2D eigenvalue weighted by Gasteiger charge is -2.13. The summed E-state index contributed by atoms with van der Waals surface area (Å²) in [5.41, 5.74) is 2.96. The maximum absolute atomic E-state index is 4.03. The van der Waals surface area contributed by atoms with Gasteiger partial charge in [-0.3, -0.25) is 0 Å². The highest BCUT2D eigenvalue weighted by Crippen LogP contribution is 2.49. The summed E-state index contributed by atoms with van der Waals surface area (Å²) in [7, 11) is 0. The molecule has 2 saturated carbocycles. The number of hydrogen-bond donors (Lipinski definition) is 0. The molecule has 2 fully saturated rings. The molecule has 0 saturated heterocycles. The van der Waals surface area contributed by atoms with Crippen molar-refractivity contribution in [2.24, 2.45) is 11.8 Å². The molecule has 9 heavy (non-hydrogen) atoms. The third-order valence-electron chi connectivity index (χ3n) is 2.74. The maximum atomic E-state index is 4.03. The Bertz CT molecular complexity index is 156. The summed E-state index contributed by atoms with van der Waals surface area (Å²) < 4.78 is 0. The summed E-state index contributed by atoms with van der Waals surface area (Å²) in [6.07, 6.45) is 3.84. The molecule has 2 rings (SSSR count). The molecule has 0 aromatic carbocycles. The molecule has 2 atom stereocenters. The van der Waals surface area contributed by atoms with Gasteiger partial charge in [0.25, 0.3) is 0 Å². The predicted octanol–water partition coefficient (Wildman–Crippen LogP) is 2.53. The molecule has 0 nitrogen and oxygen atoms in total. The van der Waals surface area contributed by atoms with Crippen LogP contribution in [0.25, 0.3) is 0 Å². The van der Waals surface area contributed by atoms with Crippen LogP contribution in [-0.4, -0.2) is 0 Å². The summed E-state index contributed by atoms with van der Waals surface area (Å²) >= 11 is 0. The van der Waals surface area contributed by atoms with Crippen LogP contribution in [0.5, 0.6) is 0 Å². The summed E-state index contributed by atoms with van der Waals surface area (Å²) in [5, 5.41) is 0. The van der Waals surface area contributed by atoms with Gasteiger partial charge in [-0.2, -0.15) is 0 Å². The van der Waals surface area contributed by atoms with Crippen LogP contribution in [0.1, 0.15) is 19.3 Å². The van der Waals surface area contributed by atoms with Gasteiger partial charge in [-0.25, -0.2) is 0 Å². The Morgan fingerprint density at radius 1 is 1.00 bits per heavy atom. The zero-order chi connectivity index (χ0) is 6.43. The van der Waals surface area contributed by atoms with E-state index in [4.69, 9.17) is 0 Å². The van der Waals surface area contributed by atoms with Gasteiger partial charge >= 0.3 is 0 Å². The molecule has 2 aliphatic carbocycles. The first-order valence-electron chi connectivity index (χ1n) is 3.62. The van der Waals surface area contributed by atoms with E-state index in [-0.39, 0.29) is 0 Å². The minimum absolute atomic E-state index is 0.822. The minimum atomic E-state index is 0.822. The number of fused-ring (bicyclic) bond motifs is 2. The second-order valence-electron chi connectivity index (χ2n) is 3.35. The highest BCUT2D eigenvalue weighted by atomic mass is 14.4. The molecule has 2 unspecified atom stereocenters. The lowest BCUT2D eigenvalue weighted by atomic mass is 9.93. The first-order valence-corrected chi connectivity index (χ1v) is 3.62. The van der Waals surface area contributed by atoms with Crippen molar-refractivity contribution >= 4 is 0 Å². The zero-order valence-corrected chi connectivity index (χ0v) is 5.69. The van der Waals surface area contributed by atoms with Gasteiger partial charge in [-0.15, -0.1) is 0 Å². The molecule has 0 aromatic heterocycles. The Labute approximate surface area is 56.3 Å². The number of allylic oxidation sites excluding steroid dienone is 2. The lowest BCUT2D eigenvalue weighted by Crippen LogP contribution is -1.98. The van der Waals surface area contributed by atoms with Gasteiger partial charge in [0.1, 0.15) is 0 Å². The van der Waals surface area contributed by atoms with Crippen molar-refractivity contribution in [2.45, 2.75) is 19.3 Å². The molecule has 0 amide bonds. The van der Waals surface area contributed by atoms with E-state index in [0.717, 1.165) is 11.8 Å². The van der Waals surface area contributed by atoms with E-state index in [0.29, 0.717) is 0 Å². The summed E-state index contributed by atoms with van der Waals surface area (Å²) in [6.45, 7) is 8.06. The van der Waals surface area contributed by atoms with E-state index in [2.05, 4.69) is 13.2 Å². The molecule has 0 aliphatic heterocycles. The Morgan fingerprint density at radius 3 is 1.67 bits per heavy atom. The van der Waals surface area contributed by atoms with Gasteiger partial charge in [0.2, 0.25) is 0 Å². The molecule has 48 valence electrons. The molecule has 0 heteroatoms. The number of hydrogen-bond acceptors (Lipinski definition) is 0. The average molecular weight is 120 g/mol. The predicted molar refractivity (Wildman–Crippen MR) is 39.1 cm³/mol. The lowest BCUT2D eigenvalue weighted by molar-refractivity contribution is 0.687. The first kappa shape index (κ1) is 5.28. The summed E-state index contributed by atoms with van der Waals surface area (Å²) in [4.78, 5) is 0. The second kappa shape index (κ2) is 1.50. The molecule has 0 heterocycles. The maximum Gasteiger partial charge on any atom is -0.0163 e. The van der Waals surface area contributed by atoms with Crippen molar-refractivity contribution in [3.8, 4) is 0 Å². The summed E-state index contributed by atoms with van der Waals surface area (Å²) in [6, 6.07) is 0. The van der Waals surface area contributed by atoms with Gasteiger partial charge < -0.3 is 0 Å². The first-order chi connectivity index (χ1) is 4.27. The molecule has 0 spiro atoms. The van der Waals surface area contributed by atoms with E-state index < -0.39 is 0 Å². The van der Waals surface area contributed by atoms with Crippen molar-refractivity contribution in [1.82, 2.24) is 0 Å². The summed E-state index contributed by atoms with van der Waals surface area (Å²) in [5.74, 6) is 1.64. The van der Waals surface area contributed by atoms with Crippen LogP contribution in [-0.2, 0) is 0 Å². The van der Waals surface area contributed by atoms with Gasteiger partial charge in [0.15, 0.2) is 0 Å². The van der Waals surface area contributed by atoms with Crippen LogP contribution in [0.2, 0.25) is 0 Å². The Hall–Kier alpha value is -0.520. The molecule has 0 N–H and O–H groups in total. The van der Waals surface area contributed by atoms with E-state index >= 15 is 0 Å². The van der Waals surface area contributed by atoms with Crippen LogP contribution in [0, 0.1) is 11.8 Å². The smallest absolute Gasteiger partial charge is 0.0163 e. The molecule has 2 aliphatic rings. The van der Waals surface area contributed by atoms with E-state index in [9.17, 15) is 0 Å². The Balaban J connectivity index is 2.28. The normalized spacial score (nSPS) is 40.4. The third-order valence-corrected chi connectivity index (χ3v) is 2.74. The van der Waals surface area contributed by atoms with Gasteiger partial charge in [-0.05, 0) is 31.1 Å². The van der Waals surface area contributed by atoms with Crippen LogP contribution >= 0.6 is 0 Å². The van der Waals surface area contributed by atoms with Gasteiger partial charge in [0, 0.05) is 0 Å². The zero-order valence-electron chi connectivity index (χ0n) is 5.69. The monoisotopic (exact) mass is 120 g/mol. The quantitative estimate of drug-likeness (QED) is 0.431. The fourth-order valence-electron chi connectivity index (χ4n) is 2.10. The van der Waals surface area contributed by atoms with Crippen LogP contribution < -0.4 is 0 Å². The minimum Gasteiger partial charge on any atom is -0.0995 e. The van der Waals surface area contributed by atoms with Crippen LogP contribution in [0.15, 0.2) is 24.3 Å². The van der Waals surface area contributed by atoms with Crippen LogP contribution in [0.3, 0.4) is 0 Å². The van der Waals surface area contributed by atoms with Crippen molar-refractivity contribution in [2.75, 3.05) is 0 Å². The van der Waals surface area contributed by atoms with E-state index in [1.807, 2.05) is 0 Å². The SMILES string of the molecule is C=C1CC2CC1CC2=C. The highest BCUT2D eigenvalue weighted by molar-refractivity contribution is 5.25. The fourth-order valence-corrected chi connectivity index (χ4v) is 2.10. The van der Waals surface area contributed by atoms with E-state index in [1.54, 1.807) is 0 Å². The van der Waals surface area contributed by atoms with Crippen molar-refractivity contribution in [3.63, 3.8) is 0 Å². The molecular formula is C9H12. The molecule has 2 bridgehead atoms. The molecule has 0 aromatic rings. The standard InChI is InChI=1S/C9H12/c1-6-3-9-5-8(6)4-7(9)2/h8-9H,1-5H2. The van der Waals surface area contributed by atoms with E-state index in [1.165, 1.54) is 30.4 Å². The molecular weight excluding hydrogens is 108 g/mol. The Morgan fingerprint density at radius 2 is 1.44 bits per heavy atom. The van der Waals surface area contributed by atoms with Gasteiger partial charge in [-0.1, -0.05) is 24.3 Å². The topological polar surface area (TPSA) is 0 Å². The number of rotatable bonds is 0. The Kier molecular flexibility index (Phi) is 0.879. The highest BCUT2D eigenvalue weighted by Gasteiger charge is 2.36. The fraction of sp³-hybridized carbons (Fsp3) is 0.556.